The molecular weight excluding hydrogens is 279 g/mol. The quantitative estimate of drug-likeness (QED) is 0.779. The van der Waals surface area contributed by atoms with Crippen LogP contribution in [0.3, 0.4) is 0 Å². The third kappa shape index (κ3) is 3.90. The summed E-state index contributed by atoms with van der Waals surface area (Å²) in [4.78, 5) is 5.43. The second kappa shape index (κ2) is 6.08. The maximum Gasteiger partial charge on any atom is 0.416 e. The normalized spacial score (nSPS) is 11.5. The molecule has 0 atom stereocenters. The first-order valence-electron chi connectivity index (χ1n) is 6.57. The number of benzene rings is 2. The molecule has 0 heterocycles. The van der Waals surface area contributed by atoms with Crippen molar-refractivity contribution in [1.29, 1.82) is 0 Å². The predicted molar refractivity (Wildman–Crippen MR) is 76.2 cm³/mol. The Kier molecular flexibility index (Phi) is 4.40. The summed E-state index contributed by atoms with van der Waals surface area (Å²) < 4.78 is 37.9. The van der Waals surface area contributed by atoms with Crippen LogP contribution in [0.25, 0.3) is 0 Å². The second-order valence-corrected chi connectivity index (χ2v) is 4.98. The molecule has 0 fully saturated rings. The Morgan fingerprint density at radius 1 is 1.00 bits per heavy atom. The lowest BCUT2D eigenvalue weighted by Gasteiger charge is -2.15. The van der Waals surface area contributed by atoms with Crippen molar-refractivity contribution in [1.82, 2.24) is 0 Å². The van der Waals surface area contributed by atoms with Crippen LogP contribution in [-0.2, 0) is 6.18 Å². The molecule has 0 aliphatic heterocycles. The van der Waals surface area contributed by atoms with Crippen LogP contribution >= 0.6 is 0 Å². The topological polar surface area (TPSA) is 21.3 Å². The summed E-state index contributed by atoms with van der Waals surface area (Å²) in [5, 5.41) is 0. The van der Waals surface area contributed by atoms with Gasteiger partial charge in [-0.1, -0.05) is 38.1 Å². The van der Waals surface area contributed by atoms with Gasteiger partial charge in [-0.25, -0.2) is 5.48 Å². The zero-order valence-electron chi connectivity index (χ0n) is 11.7. The van der Waals surface area contributed by atoms with E-state index in [1.165, 1.54) is 12.1 Å². The average molecular weight is 295 g/mol. The Balaban J connectivity index is 2.14. The van der Waals surface area contributed by atoms with Gasteiger partial charge in [0.1, 0.15) is 0 Å². The predicted octanol–water partition coefficient (Wildman–Crippen LogP) is 5.23. The summed E-state index contributed by atoms with van der Waals surface area (Å²) >= 11 is 0. The Hall–Kier alpha value is -2.17. The summed E-state index contributed by atoms with van der Waals surface area (Å²) in [6.45, 7) is 4.04. The number of anilines is 1. The Morgan fingerprint density at radius 3 is 2.38 bits per heavy atom. The van der Waals surface area contributed by atoms with Crippen molar-refractivity contribution in [2.75, 3.05) is 5.48 Å². The molecule has 0 amide bonds. The van der Waals surface area contributed by atoms with Crippen LogP contribution in [0.4, 0.5) is 18.9 Å². The van der Waals surface area contributed by atoms with Gasteiger partial charge in [0.25, 0.3) is 0 Å². The minimum absolute atomic E-state index is 0.253. The highest BCUT2D eigenvalue weighted by molar-refractivity contribution is 5.46. The number of para-hydroxylation sites is 1. The maximum absolute atomic E-state index is 12.6. The highest BCUT2D eigenvalue weighted by Gasteiger charge is 2.30. The third-order valence-corrected chi connectivity index (χ3v) is 3.01. The highest BCUT2D eigenvalue weighted by Crippen LogP contribution is 2.31. The van der Waals surface area contributed by atoms with E-state index in [-0.39, 0.29) is 11.6 Å². The van der Waals surface area contributed by atoms with E-state index in [9.17, 15) is 13.2 Å². The largest absolute Gasteiger partial charge is 0.416 e. The van der Waals surface area contributed by atoms with Crippen LogP contribution in [-0.4, -0.2) is 0 Å². The second-order valence-electron chi connectivity index (χ2n) is 4.98. The first-order chi connectivity index (χ1) is 9.88. The zero-order chi connectivity index (χ0) is 15.5. The number of hydrogen-bond acceptors (Lipinski definition) is 2. The Morgan fingerprint density at radius 2 is 1.71 bits per heavy atom. The highest BCUT2D eigenvalue weighted by atomic mass is 19.4. The fraction of sp³-hybridized carbons (Fsp3) is 0.250. The molecule has 0 unspecified atom stereocenters. The molecule has 0 bridgehead atoms. The maximum atomic E-state index is 12.6. The SMILES string of the molecule is CC(C)c1ccccc1ONc1cccc(C(F)(F)F)c1. The van der Waals surface area contributed by atoms with E-state index in [0.29, 0.717) is 5.75 Å². The van der Waals surface area contributed by atoms with Gasteiger partial charge in [0, 0.05) is 0 Å². The molecular formula is C16H16F3NO. The van der Waals surface area contributed by atoms with E-state index < -0.39 is 11.7 Å². The van der Waals surface area contributed by atoms with E-state index >= 15 is 0 Å². The third-order valence-electron chi connectivity index (χ3n) is 3.01. The molecule has 2 nitrogen and oxygen atoms in total. The van der Waals surface area contributed by atoms with E-state index in [0.717, 1.165) is 17.7 Å². The van der Waals surface area contributed by atoms with Crippen molar-refractivity contribution >= 4 is 5.69 Å². The van der Waals surface area contributed by atoms with Crippen LogP contribution < -0.4 is 10.3 Å². The lowest BCUT2D eigenvalue weighted by atomic mass is 10.0. The molecule has 0 aliphatic carbocycles. The smallest absolute Gasteiger partial charge is 0.382 e. The first-order valence-corrected chi connectivity index (χ1v) is 6.57. The standard InChI is InChI=1S/C16H16F3NO/c1-11(2)14-8-3-4-9-15(14)21-20-13-7-5-6-12(10-13)16(17,18)19/h3-11,20H,1-2H3. The minimum Gasteiger partial charge on any atom is -0.382 e. The van der Waals surface area contributed by atoms with Crippen molar-refractivity contribution in [2.45, 2.75) is 25.9 Å². The summed E-state index contributed by atoms with van der Waals surface area (Å²) in [5.41, 5.74) is 3.09. The number of hydrogen-bond donors (Lipinski definition) is 1. The summed E-state index contributed by atoms with van der Waals surface area (Å²) in [5.74, 6) is 0.856. The van der Waals surface area contributed by atoms with Gasteiger partial charge in [-0.3, -0.25) is 0 Å². The van der Waals surface area contributed by atoms with Gasteiger partial charge in [0.15, 0.2) is 5.75 Å². The fourth-order valence-corrected chi connectivity index (χ4v) is 1.92. The van der Waals surface area contributed by atoms with Crippen molar-refractivity contribution < 1.29 is 18.0 Å². The van der Waals surface area contributed by atoms with Crippen LogP contribution in [0, 0.1) is 0 Å². The van der Waals surface area contributed by atoms with E-state index in [1.54, 1.807) is 6.07 Å². The fourth-order valence-electron chi connectivity index (χ4n) is 1.92. The first kappa shape index (κ1) is 15.2. The molecule has 112 valence electrons. The lowest BCUT2D eigenvalue weighted by molar-refractivity contribution is -0.137. The Bertz CT molecular complexity index is 608. The van der Waals surface area contributed by atoms with Gasteiger partial charge >= 0.3 is 6.18 Å². The van der Waals surface area contributed by atoms with Crippen molar-refractivity contribution in [3.8, 4) is 5.75 Å². The summed E-state index contributed by atoms with van der Waals surface area (Å²) in [6, 6.07) is 12.3. The van der Waals surface area contributed by atoms with Crippen molar-refractivity contribution in [2.24, 2.45) is 0 Å². The van der Waals surface area contributed by atoms with Crippen molar-refractivity contribution in [3.05, 3.63) is 59.7 Å². The molecule has 0 aliphatic rings. The van der Waals surface area contributed by atoms with E-state index in [2.05, 4.69) is 5.48 Å². The zero-order valence-corrected chi connectivity index (χ0v) is 11.7. The number of rotatable bonds is 4. The molecule has 0 aromatic heterocycles. The van der Waals surface area contributed by atoms with E-state index in [4.69, 9.17) is 4.84 Å². The van der Waals surface area contributed by atoms with Crippen LogP contribution in [0.2, 0.25) is 0 Å². The summed E-state index contributed by atoms with van der Waals surface area (Å²) in [7, 11) is 0. The Labute approximate surface area is 121 Å². The molecule has 5 heteroatoms. The number of alkyl halides is 3. The van der Waals surface area contributed by atoms with E-state index in [1.807, 2.05) is 32.0 Å². The van der Waals surface area contributed by atoms with Crippen molar-refractivity contribution in [3.63, 3.8) is 0 Å². The minimum atomic E-state index is -4.37. The number of nitrogens with one attached hydrogen (secondary N) is 1. The van der Waals surface area contributed by atoms with Crippen LogP contribution in [0.1, 0.15) is 30.9 Å². The molecule has 2 aromatic carbocycles. The molecule has 0 saturated carbocycles. The monoisotopic (exact) mass is 295 g/mol. The van der Waals surface area contributed by atoms with Gasteiger partial charge < -0.3 is 4.84 Å². The molecule has 0 spiro atoms. The molecule has 0 saturated heterocycles. The van der Waals surface area contributed by atoms with Gasteiger partial charge in [-0.2, -0.15) is 13.2 Å². The van der Waals surface area contributed by atoms with Crippen LogP contribution in [0.15, 0.2) is 48.5 Å². The summed E-state index contributed by atoms with van der Waals surface area (Å²) in [6.07, 6.45) is -4.37. The molecule has 1 N–H and O–H groups in total. The molecule has 2 rings (SSSR count). The molecule has 21 heavy (non-hydrogen) atoms. The van der Waals surface area contributed by atoms with Crippen LogP contribution in [0.5, 0.6) is 5.75 Å². The number of halogens is 3. The molecule has 0 radical (unpaired) electrons. The van der Waals surface area contributed by atoms with Gasteiger partial charge in [-0.15, -0.1) is 0 Å². The average Bonchev–Trinajstić information content (AvgIpc) is 2.45. The van der Waals surface area contributed by atoms with Gasteiger partial charge in [0.2, 0.25) is 0 Å². The lowest BCUT2D eigenvalue weighted by Crippen LogP contribution is -2.09. The molecule has 2 aromatic rings. The van der Waals surface area contributed by atoms with Gasteiger partial charge in [-0.05, 0) is 35.7 Å². The van der Waals surface area contributed by atoms with Gasteiger partial charge in [0.05, 0.1) is 11.3 Å².